The first kappa shape index (κ1) is 19.6. The molecule has 0 radical (unpaired) electrons. The largest absolute Gasteiger partial charge is 0.507 e. The number of amides is 1. The molecule has 1 aliphatic heterocycles. The maximum Gasteiger partial charge on any atom is 0.305 e. The summed E-state index contributed by atoms with van der Waals surface area (Å²) in [4.78, 5) is 37.1. The Morgan fingerprint density at radius 3 is 2.32 bits per heavy atom. The molecule has 2 aromatic carbocycles. The van der Waals surface area contributed by atoms with E-state index in [4.69, 9.17) is 16.7 Å². The minimum Gasteiger partial charge on any atom is -0.507 e. The summed E-state index contributed by atoms with van der Waals surface area (Å²) in [7, 11) is 0. The van der Waals surface area contributed by atoms with Gasteiger partial charge in [0.1, 0.15) is 11.6 Å². The highest BCUT2D eigenvalue weighted by Crippen LogP contribution is 2.40. The number of carboxylic acids is 1. The molecule has 0 aromatic heterocycles. The molecular formula is C20H15ClFNO5. The van der Waals surface area contributed by atoms with Gasteiger partial charge in [-0.25, -0.2) is 4.39 Å². The highest BCUT2D eigenvalue weighted by atomic mass is 35.5. The minimum atomic E-state index is -1.24. The number of likely N-dealkylation sites (tertiary alicyclic amines) is 1. The van der Waals surface area contributed by atoms with Crippen molar-refractivity contribution in [3.05, 3.63) is 76.1 Å². The van der Waals surface area contributed by atoms with E-state index in [1.165, 1.54) is 42.5 Å². The third kappa shape index (κ3) is 3.61. The number of carbonyl (C=O) groups is 3. The van der Waals surface area contributed by atoms with Gasteiger partial charge >= 0.3 is 5.97 Å². The van der Waals surface area contributed by atoms with Crippen LogP contribution in [0.3, 0.4) is 0 Å². The zero-order valence-corrected chi connectivity index (χ0v) is 15.2. The standard InChI is InChI=1S/C20H15ClFNO5/c21-12-7-5-11(6-8-12)18(26)16-17(13-3-1-2-4-14(13)22)23(10-9-15(24)25)20(28)19(16)27/h1-8,17,26H,9-10H2,(H,24,25)/b18-16+/t17-/m1/s1. The number of hydrogen-bond acceptors (Lipinski definition) is 4. The molecule has 0 saturated carbocycles. The summed E-state index contributed by atoms with van der Waals surface area (Å²) in [6, 6.07) is 10.2. The lowest BCUT2D eigenvalue weighted by molar-refractivity contribution is -0.142. The molecule has 1 aliphatic rings. The maximum atomic E-state index is 14.5. The third-order valence-corrected chi connectivity index (χ3v) is 4.68. The first-order valence-corrected chi connectivity index (χ1v) is 8.69. The molecule has 2 N–H and O–H groups in total. The fraction of sp³-hybridized carbons (Fsp3) is 0.150. The molecule has 28 heavy (non-hydrogen) atoms. The zero-order chi connectivity index (χ0) is 20.4. The zero-order valence-electron chi connectivity index (χ0n) is 14.4. The predicted octanol–water partition coefficient (Wildman–Crippen LogP) is 3.38. The van der Waals surface area contributed by atoms with Crippen molar-refractivity contribution in [3.8, 4) is 0 Å². The lowest BCUT2D eigenvalue weighted by Gasteiger charge is -2.25. The van der Waals surface area contributed by atoms with Gasteiger partial charge in [-0.05, 0) is 30.3 Å². The van der Waals surface area contributed by atoms with E-state index < -0.39 is 41.7 Å². The molecular weight excluding hydrogens is 389 g/mol. The lowest BCUT2D eigenvalue weighted by Crippen LogP contribution is -2.32. The molecule has 8 heteroatoms. The van der Waals surface area contributed by atoms with Crippen LogP contribution in [0.1, 0.15) is 23.6 Å². The van der Waals surface area contributed by atoms with Gasteiger partial charge in [-0.1, -0.05) is 29.8 Å². The molecule has 1 atom stereocenters. The van der Waals surface area contributed by atoms with Crippen LogP contribution in [-0.2, 0) is 14.4 Å². The Morgan fingerprint density at radius 2 is 1.71 bits per heavy atom. The maximum absolute atomic E-state index is 14.5. The van der Waals surface area contributed by atoms with Crippen molar-refractivity contribution in [2.75, 3.05) is 6.54 Å². The summed E-state index contributed by atoms with van der Waals surface area (Å²) in [5.41, 5.74) is -0.0904. The van der Waals surface area contributed by atoms with Crippen LogP contribution in [0.5, 0.6) is 0 Å². The molecule has 144 valence electrons. The summed E-state index contributed by atoms with van der Waals surface area (Å²) in [6.07, 6.45) is -0.432. The Bertz CT molecular complexity index is 986. The van der Waals surface area contributed by atoms with Gasteiger partial charge in [0.15, 0.2) is 0 Å². The van der Waals surface area contributed by atoms with Crippen LogP contribution in [-0.4, -0.2) is 39.3 Å². The number of carbonyl (C=O) groups excluding carboxylic acids is 2. The summed E-state index contributed by atoms with van der Waals surface area (Å²) < 4.78 is 14.5. The van der Waals surface area contributed by atoms with E-state index in [-0.39, 0.29) is 23.2 Å². The lowest BCUT2D eigenvalue weighted by atomic mass is 9.95. The number of benzene rings is 2. The van der Waals surface area contributed by atoms with Crippen LogP contribution in [0.2, 0.25) is 5.02 Å². The fourth-order valence-electron chi connectivity index (χ4n) is 3.11. The van der Waals surface area contributed by atoms with Crippen LogP contribution in [0, 0.1) is 5.82 Å². The molecule has 0 aliphatic carbocycles. The van der Waals surface area contributed by atoms with E-state index in [2.05, 4.69) is 0 Å². The van der Waals surface area contributed by atoms with Crippen molar-refractivity contribution in [2.45, 2.75) is 12.5 Å². The van der Waals surface area contributed by atoms with E-state index in [0.29, 0.717) is 5.02 Å². The molecule has 1 fully saturated rings. The summed E-state index contributed by atoms with van der Waals surface area (Å²) in [5.74, 6) is -4.35. The summed E-state index contributed by atoms with van der Waals surface area (Å²) >= 11 is 5.84. The van der Waals surface area contributed by atoms with Gasteiger partial charge in [-0.2, -0.15) is 0 Å². The van der Waals surface area contributed by atoms with Crippen LogP contribution in [0.25, 0.3) is 5.76 Å². The Kier molecular flexibility index (Phi) is 5.46. The number of rotatable bonds is 5. The second-order valence-corrected chi connectivity index (χ2v) is 6.60. The third-order valence-electron chi connectivity index (χ3n) is 4.42. The van der Waals surface area contributed by atoms with E-state index in [1.807, 2.05) is 0 Å². The number of Topliss-reactive ketones (excluding diaryl/α,β-unsaturated/α-hetero) is 1. The molecule has 2 aromatic rings. The van der Waals surface area contributed by atoms with Crippen LogP contribution >= 0.6 is 11.6 Å². The van der Waals surface area contributed by atoms with Crippen molar-refractivity contribution >= 4 is 35.0 Å². The van der Waals surface area contributed by atoms with Gasteiger partial charge in [-0.15, -0.1) is 0 Å². The van der Waals surface area contributed by atoms with Crippen molar-refractivity contribution in [1.29, 1.82) is 0 Å². The molecule has 1 amide bonds. The number of ketones is 1. The smallest absolute Gasteiger partial charge is 0.305 e. The number of aliphatic hydroxyl groups is 1. The molecule has 0 unspecified atom stereocenters. The van der Waals surface area contributed by atoms with Crippen LogP contribution in [0.4, 0.5) is 4.39 Å². The van der Waals surface area contributed by atoms with Gasteiger partial charge < -0.3 is 15.1 Å². The van der Waals surface area contributed by atoms with E-state index in [9.17, 15) is 23.9 Å². The Labute approximate surface area is 164 Å². The Hall–Kier alpha value is -3.19. The second-order valence-electron chi connectivity index (χ2n) is 6.16. The fourth-order valence-corrected chi connectivity index (χ4v) is 3.24. The quantitative estimate of drug-likeness (QED) is 0.453. The molecule has 3 rings (SSSR count). The SMILES string of the molecule is O=C(O)CCN1C(=O)C(=O)/C(=C(/O)c2ccc(Cl)cc2)[C@H]1c1ccccc1F. The van der Waals surface area contributed by atoms with E-state index in [1.54, 1.807) is 0 Å². The predicted molar refractivity (Wildman–Crippen MR) is 99.1 cm³/mol. The summed E-state index contributed by atoms with van der Waals surface area (Å²) in [6.45, 7) is -0.309. The van der Waals surface area contributed by atoms with Gasteiger partial charge in [0, 0.05) is 22.7 Å². The normalized spacial score (nSPS) is 18.5. The number of halogens is 2. The Balaban J connectivity index is 2.18. The number of nitrogens with zero attached hydrogens (tertiary/aromatic N) is 1. The van der Waals surface area contributed by atoms with E-state index in [0.717, 1.165) is 11.0 Å². The molecule has 0 spiro atoms. The molecule has 1 heterocycles. The monoisotopic (exact) mass is 403 g/mol. The van der Waals surface area contributed by atoms with Crippen molar-refractivity contribution < 1.29 is 29.0 Å². The first-order valence-electron chi connectivity index (χ1n) is 8.32. The molecule has 0 bridgehead atoms. The second kappa shape index (κ2) is 7.82. The number of carboxylic acid groups (broad SMARTS) is 1. The number of aliphatic carboxylic acids is 1. The van der Waals surface area contributed by atoms with Gasteiger partial charge in [0.25, 0.3) is 11.7 Å². The van der Waals surface area contributed by atoms with Crippen molar-refractivity contribution in [1.82, 2.24) is 4.90 Å². The average molecular weight is 404 g/mol. The number of aliphatic hydroxyl groups excluding tert-OH is 1. The first-order chi connectivity index (χ1) is 13.3. The van der Waals surface area contributed by atoms with Crippen molar-refractivity contribution in [2.24, 2.45) is 0 Å². The molecule has 1 saturated heterocycles. The Morgan fingerprint density at radius 1 is 1.07 bits per heavy atom. The van der Waals surface area contributed by atoms with E-state index >= 15 is 0 Å². The van der Waals surface area contributed by atoms with Gasteiger partial charge in [-0.3, -0.25) is 14.4 Å². The van der Waals surface area contributed by atoms with Gasteiger partial charge in [0.05, 0.1) is 18.0 Å². The van der Waals surface area contributed by atoms with Crippen LogP contribution in [0.15, 0.2) is 54.1 Å². The number of hydrogen-bond donors (Lipinski definition) is 2. The van der Waals surface area contributed by atoms with Crippen LogP contribution < -0.4 is 0 Å². The van der Waals surface area contributed by atoms with Gasteiger partial charge in [0.2, 0.25) is 0 Å². The molecule has 6 nitrogen and oxygen atoms in total. The highest BCUT2D eigenvalue weighted by Gasteiger charge is 2.46. The topological polar surface area (TPSA) is 94.9 Å². The highest BCUT2D eigenvalue weighted by molar-refractivity contribution is 6.46. The van der Waals surface area contributed by atoms with Crippen molar-refractivity contribution in [3.63, 3.8) is 0 Å². The minimum absolute atomic E-state index is 0.0115. The average Bonchev–Trinajstić information content (AvgIpc) is 2.91. The summed E-state index contributed by atoms with van der Waals surface area (Å²) in [5, 5.41) is 20.1.